The van der Waals surface area contributed by atoms with Crippen LogP contribution in [0.2, 0.25) is 0 Å². The zero-order chi connectivity index (χ0) is 12.7. The average molecular weight is 260 g/mol. The molecule has 0 saturated carbocycles. The predicted octanol–water partition coefficient (Wildman–Crippen LogP) is 4.00. The third-order valence-electron chi connectivity index (χ3n) is 2.61. The molecule has 0 bridgehead atoms. The van der Waals surface area contributed by atoms with Crippen LogP contribution in [-0.2, 0) is 0 Å². The summed E-state index contributed by atoms with van der Waals surface area (Å²) in [6.45, 7) is 1.89. The van der Waals surface area contributed by atoms with E-state index in [-0.39, 0.29) is 5.82 Å². The highest BCUT2D eigenvalue weighted by Gasteiger charge is 2.08. The van der Waals surface area contributed by atoms with Crippen LogP contribution in [0.25, 0.3) is 22.4 Å². The summed E-state index contributed by atoms with van der Waals surface area (Å²) in [7, 11) is 0. The highest BCUT2D eigenvalue weighted by Crippen LogP contribution is 2.27. The number of aromatic nitrogens is 2. The molecule has 1 aromatic carbocycles. The van der Waals surface area contributed by atoms with Gasteiger partial charge >= 0.3 is 0 Å². The maximum atomic E-state index is 13.1. The summed E-state index contributed by atoms with van der Waals surface area (Å²) >= 11 is 5.02. The van der Waals surface area contributed by atoms with Crippen LogP contribution >= 0.6 is 12.2 Å². The molecule has 0 spiro atoms. The van der Waals surface area contributed by atoms with Gasteiger partial charge in [0.15, 0.2) is 10.5 Å². The van der Waals surface area contributed by atoms with Gasteiger partial charge in [0.2, 0.25) is 0 Å². The minimum atomic E-state index is -0.288. The van der Waals surface area contributed by atoms with Crippen molar-refractivity contribution in [2.75, 3.05) is 0 Å². The smallest absolute Gasteiger partial charge is 0.197 e. The summed E-state index contributed by atoms with van der Waals surface area (Å²) < 4.78 is 19.1. The molecule has 0 unspecified atom stereocenters. The van der Waals surface area contributed by atoms with Gasteiger partial charge in [0.05, 0.1) is 0 Å². The fraction of sp³-hybridized carbons (Fsp3) is 0.0769. The monoisotopic (exact) mass is 260 g/mol. The zero-order valence-corrected chi connectivity index (χ0v) is 10.3. The third kappa shape index (κ3) is 1.93. The summed E-state index contributed by atoms with van der Waals surface area (Å²) in [5.41, 5.74) is 2.18. The molecule has 3 rings (SSSR count). The predicted molar refractivity (Wildman–Crippen MR) is 69.3 cm³/mol. The summed E-state index contributed by atoms with van der Waals surface area (Å²) in [6, 6.07) is 7.99. The van der Waals surface area contributed by atoms with Gasteiger partial charge in [-0.15, -0.1) is 0 Å². The molecule has 0 amide bonds. The van der Waals surface area contributed by atoms with Crippen molar-refractivity contribution in [3.8, 4) is 11.5 Å². The Morgan fingerprint density at radius 2 is 2.11 bits per heavy atom. The number of halogens is 1. The quantitative estimate of drug-likeness (QED) is 0.672. The molecule has 3 aromatic rings. The standard InChI is InChI=1S/C13H9FN2OS/c1-7-4-10(16-13(18)15-7)12-6-8-5-9(14)2-3-11(8)17-12/h2-6H,1H3,(H,15,16,18). The molecule has 0 atom stereocenters. The van der Waals surface area contributed by atoms with Crippen molar-refractivity contribution in [2.45, 2.75) is 6.92 Å². The number of rotatable bonds is 1. The van der Waals surface area contributed by atoms with Crippen molar-refractivity contribution in [2.24, 2.45) is 0 Å². The highest BCUT2D eigenvalue weighted by molar-refractivity contribution is 7.71. The number of aromatic amines is 1. The normalized spacial score (nSPS) is 11.0. The lowest BCUT2D eigenvalue weighted by Crippen LogP contribution is -1.88. The number of nitrogens with zero attached hydrogens (tertiary/aromatic N) is 1. The topological polar surface area (TPSA) is 41.8 Å². The molecule has 2 aromatic heterocycles. The summed E-state index contributed by atoms with van der Waals surface area (Å²) in [5.74, 6) is 0.295. The summed E-state index contributed by atoms with van der Waals surface area (Å²) in [4.78, 5) is 7.12. The number of nitrogens with one attached hydrogen (secondary N) is 1. The van der Waals surface area contributed by atoms with Crippen LogP contribution in [-0.4, -0.2) is 9.97 Å². The minimum Gasteiger partial charge on any atom is -0.454 e. The van der Waals surface area contributed by atoms with Crippen molar-refractivity contribution in [3.63, 3.8) is 0 Å². The van der Waals surface area contributed by atoms with Crippen molar-refractivity contribution in [1.29, 1.82) is 0 Å². The molecule has 3 nitrogen and oxygen atoms in total. The fourth-order valence-corrected chi connectivity index (χ4v) is 2.11. The van der Waals surface area contributed by atoms with Crippen LogP contribution in [0.15, 0.2) is 34.7 Å². The van der Waals surface area contributed by atoms with Crippen molar-refractivity contribution >= 4 is 23.2 Å². The molecule has 0 radical (unpaired) electrons. The van der Waals surface area contributed by atoms with Crippen molar-refractivity contribution in [1.82, 2.24) is 9.97 Å². The van der Waals surface area contributed by atoms with Gasteiger partial charge in [-0.05, 0) is 49.5 Å². The van der Waals surface area contributed by atoms with E-state index in [4.69, 9.17) is 16.6 Å². The highest BCUT2D eigenvalue weighted by atomic mass is 32.1. The van der Waals surface area contributed by atoms with Crippen LogP contribution in [0, 0.1) is 17.5 Å². The fourth-order valence-electron chi connectivity index (χ4n) is 1.85. The maximum Gasteiger partial charge on any atom is 0.197 e. The van der Waals surface area contributed by atoms with Gasteiger partial charge in [-0.1, -0.05) is 0 Å². The molecule has 2 heterocycles. The SMILES string of the molecule is Cc1cc(-c2cc3cc(F)ccc3o2)nc(=S)[nH]1. The molecule has 90 valence electrons. The zero-order valence-electron chi connectivity index (χ0n) is 9.53. The molecule has 0 fully saturated rings. The number of fused-ring (bicyclic) bond motifs is 1. The lowest BCUT2D eigenvalue weighted by molar-refractivity contribution is 0.617. The Kier molecular flexibility index (Phi) is 2.48. The van der Waals surface area contributed by atoms with E-state index in [1.165, 1.54) is 12.1 Å². The van der Waals surface area contributed by atoms with Crippen LogP contribution in [0.5, 0.6) is 0 Å². The lowest BCUT2D eigenvalue weighted by Gasteiger charge is -1.97. The van der Waals surface area contributed by atoms with E-state index in [0.717, 1.165) is 5.69 Å². The first-order chi connectivity index (χ1) is 8.61. The van der Waals surface area contributed by atoms with E-state index >= 15 is 0 Å². The van der Waals surface area contributed by atoms with E-state index in [9.17, 15) is 4.39 Å². The van der Waals surface area contributed by atoms with Crippen molar-refractivity contribution < 1.29 is 8.81 Å². The van der Waals surface area contributed by atoms with Crippen LogP contribution in [0.3, 0.4) is 0 Å². The Balaban J connectivity index is 2.22. The van der Waals surface area contributed by atoms with Gasteiger partial charge in [-0.2, -0.15) is 0 Å². The lowest BCUT2D eigenvalue weighted by atomic mass is 10.2. The van der Waals surface area contributed by atoms with E-state index in [0.29, 0.717) is 27.2 Å². The molecule has 18 heavy (non-hydrogen) atoms. The Morgan fingerprint density at radius 3 is 2.89 bits per heavy atom. The van der Waals surface area contributed by atoms with Gasteiger partial charge in [0, 0.05) is 11.1 Å². The largest absolute Gasteiger partial charge is 0.454 e. The molecular formula is C13H9FN2OS. The molecule has 0 aliphatic rings. The first-order valence-electron chi connectivity index (χ1n) is 5.39. The second kappa shape index (κ2) is 4.03. The number of hydrogen-bond acceptors (Lipinski definition) is 3. The van der Waals surface area contributed by atoms with Gasteiger partial charge in [-0.3, -0.25) is 0 Å². The van der Waals surface area contributed by atoms with E-state index in [1.54, 1.807) is 12.1 Å². The van der Waals surface area contributed by atoms with E-state index in [2.05, 4.69) is 9.97 Å². The van der Waals surface area contributed by atoms with Crippen LogP contribution in [0.1, 0.15) is 5.69 Å². The molecule has 0 aliphatic carbocycles. The van der Waals surface area contributed by atoms with Crippen molar-refractivity contribution in [3.05, 3.63) is 46.6 Å². The second-order valence-electron chi connectivity index (χ2n) is 4.05. The van der Waals surface area contributed by atoms with Gasteiger partial charge in [0.1, 0.15) is 17.1 Å². The molecule has 5 heteroatoms. The average Bonchev–Trinajstić information content (AvgIpc) is 2.70. The Bertz CT molecular complexity index is 791. The first kappa shape index (κ1) is 11.1. The first-order valence-corrected chi connectivity index (χ1v) is 5.80. The van der Waals surface area contributed by atoms with E-state index in [1.807, 2.05) is 13.0 Å². The molecular weight excluding hydrogens is 251 g/mol. The number of benzene rings is 1. The second-order valence-corrected chi connectivity index (χ2v) is 4.43. The van der Waals surface area contributed by atoms with Gasteiger partial charge < -0.3 is 9.40 Å². The molecule has 1 N–H and O–H groups in total. The number of aryl methyl sites for hydroxylation is 1. The van der Waals surface area contributed by atoms with Gasteiger partial charge in [-0.25, -0.2) is 9.37 Å². The molecule has 0 aliphatic heterocycles. The van der Waals surface area contributed by atoms with Crippen LogP contribution < -0.4 is 0 Å². The minimum absolute atomic E-state index is 0.288. The Hall–Kier alpha value is -2.01. The number of H-pyrrole nitrogens is 1. The summed E-state index contributed by atoms with van der Waals surface area (Å²) in [6.07, 6.45) is 0. The number of hydrogen-bond donors (Lipinski definition) is 1. The van der Waals surface area contributed by atoms with Crippen LogP contribution in [0.4, 0.5) is 4.39 Å². The molecule has 0 saturated heterocycles. The Labute approximate surface area is 107 Å². The number of furan rings is 1. The Morgan fingerprint density at radius 1 is 1.28 bits per heavy atom. The van der Waals surface area contributed by atoms with E-state index < -0.39 is 0 Å². The maximum absolute atomic E-state index is 13.1. The summed E-state index contributed by atoms with van der Waals surface area (Å²) in [5, 5.41) is 0.711. The third-order valence-corrected chi connectivity index (χ3v) is 2.80. The van der Waals surface area contributed by atoms with Gasteiger partial charge in [0.25, 0.3) is 0 Å².